The monoisotopic (exact) mass is 389 g/mol. The third-order valence-electron chi connectivity index (χ3n) is 6.06. The maximum absolute atomic E-state index is 9.55. The lowest BCUT2D eigenvalue weighted by molar-refractivity contribution is 0.238. The summed E-state index contributed by atoms with van der Waals surface area (Å²) in [5.41, 5.74) is 4.19. The largest absolute Gasteiger partial charge is 0.396 e. The molecule has 2 saturated heterocycles. The molecule has 1 unspecified atom stereocenters. The van der Waals surface area contributed by atoms with Crippen LogP contribution in [-0.4, -0.2) is 60.9 Å². The van der Waals surface area contributed by atoms with E-state index in [0.717, 1.165) is 68.3 Å². The van der Waals surface area contributed by atoms with E-state index < -0.39 is 0 Å². The van der Waals surface area contributed by atoms with E-state index in [0.29, 0.717) is 5.92 Å². The van der Waals surface area contributed by atoms with Crippen molar-refractivity contribution in [2.45, 2.75) is 6.42 Å². The van der Waals surface area contributed by atoms with Crippen LogP contribution < -0.4 is 15.1 Å². The van der Waals surface area contributed by atoms with Crippen molar-refractivity contribution in [2.24, 2.45) is 5.92 Å². The normalized spacial score (nSPS) is 19.8. The van der Waals surface area contributed by atoms with Crippen molar-refractivity contribution in [1.82, 2.24) is 15.3 Å². The van der Waals surface area contributed by atoms with Gasteiger partial charge in [-0.05, 0) is 30.7 Å². The number of hydrogen-bond acceptors (Lipinski definition) is 6. The number of nitrogens with one attached hydrogen (secondary N) is 1. The van der Waals surface area contributed by atoms with Crippen LogP contribution >= 0.6 is 0 Å². The molecule has 2 N–H and O–H groups in total. The van der Waals surface area contributed by atoms with Crippen molar-refractivity contribution in [3.8, 4) is 11.3 Å². The first-order valence-corrected chi connectivity index (χ1v) is 10.5. The van der Waals surface area contributed by atoms with Crippen LogP contribution in [-0.2, 0) is 0 Å². The molecule has 6 nitrogen and oxygen atoms in total. The first-order valence-electron chi connectivity index (χ1n) is 10.5. The summed E-state index contributed by atoms with van der Waals surface area (Å²) in [6.45, 7) is 6.11. The van der Waals surface area contributed by atoms with Crippen molar-refractivity contribution < 1.29 is 5.11 Å². The molecule has 150 valence electrons. The second kappa shape index (κ2) is 7.97. The third kappa shape index (κ3) is 3.66. The highest BCUT2D eigenvalue weighted by Crippen LogP contribution is 2.34. The van der Waals surface area contributed by atoms with Crippen molar-refractivity contribution in [1.29, 1.82) is 0 Å². The number of benzene rings is 1. The molecular formula is C23H27N5O. The summed E-state index contributed by atoms with van der Waals surface area (Å²) in [5.74, 6) is 1.38. The fraction of sp³-hybridized carbons (Fsp3) is 0.391. The number of aromatic nitrogens is 2. The topological polar surface area (TPSA) is 64.5 Å². The average molecular weight is 390 g/mol. The van der Waals surface area contributed by atoms with Gasteiger partial charge < -0.3 is 20.2 Å². The summed E-state index contributed by atoms with van der Waals surface area (Å²) >= 11 is 0. The van der Waals surface area contributed by atoms with Gasteiger partial charge in [-0.1, -0.05) is 18.2 Å². The number of anilines is 2. The molecule has 5 rings (SSSR count). The second-order valence-electron chi connectivity index (χ2n) is 7.97. The predicted molar refractivity (Wildman–Crippen MR) is 117 cm³/mol. The number of aliphatic hydroxyl groups excluding tert-OH is 1. The number of nitrogens with zero attached hydrogens (tertiary/aromatic N) is 4. The van der Waals surface area contributed by atoms with E-state index in [9.17, 15) is 5.11 Å². The Balaban J connectivity index is 1.50. The van der Waals surface area contributed by atoms with E-state index in [1.807, 2.05) is 12.3 Å². The quantitative estimate of drug-likeness (QED) is 0.715. The lowest BCUT2D eigenvalue weighted by Gasteiger charge is -2.28. The van der Waals surface area contributed by atoms with Crippen molar-refractivity contribution in [2.75, 3.05) is 55.7 Å². The minimum atomic E-state index is 0.254. The van der Waals surface area contributed by atoms with Crippen LogP contribution in [0.4, 0.5) is 11.5 Å². The second-order valence-corrected chi connectivity index (χ2v) is 7.97. The number of para-hydroxylation sites is 1. The Labute approximate surface area is 171 Å². The van der Waals surface area contributed by atoms with Crippen LogP contribution in [0.5, 0.6) is 0 Å². The maximum Gasteiger partial charge on any atom is 0.128 e. The molecule has 0 radical (unpaired) electrons. The van der Waals surface area contributed by atoms with E-state index in [4.69, 9.17) is 9.97 Å². The molecule has 2 aliphatic heterocycles. The summed E-state index contributed by atoms with van der Waals surface area (Å²) in [6.07, 6.45) is 2.97. The summed E-state index contributed by atoms with van der Waals surface area (Å²) < 4.78 is 0. The molecule has 29 heavy (non-hydrogen) atoms. The number of hydrogen-bond donors (Lipinski definition) is 2. The Hall–Kier alpha value is -2.70. The zero-order valence-corrected chi connectivity index (χ0v) is 16.6. The predicted octanol–water partition coefficient (Wildman–Crippen LogP) is 2.53. The van der Waals surface area contributed by atoms with Gasteiger partial charge in [-0.3, -0.25) is 0 Å². The van der Waals surface area contributed by atoms with Gasteiger partial charge in [-0.2, -0.15) is 0 Å². The van der Waals surface area contributed by atoms with E-state index in [-0.39, 0.29) is 6.61 Å². The summed E-state index contributed by atoms with van der Waals surface area (Å²) in [7, 11) is 0. The molecular weight excluding hydrogens is 362 g/mol. The highest BCUT2D eigenvalue weighted by atomic mass is 16.3. The highest BCUT2D eigenvalue weighted by Gasteiger charge is 2.24. The Bertz CT molecular complexity index is 984. The van der Waals surface area contributed by atoms with Crippen LogP contribution in [0.1, 0.15) is 6.42 Å². The Kier molecular flexibility index (Phi) is 5.04. The molecule has 0 spiro atoms. The Morgan fingerprint density at radius 2 is 1.90 bits per heavy atom. The molecule has 2 fully saturated rings. The lowest BCUT2D eigenvalue weighted by Crippen LogP contribution is -2.43. The van der Waals surface area contributed by atoms with Gasteiger partial charge in [-0.15, -0.1) is 0 Å². The van der Waals surface area contributed by atoms with Crippen LogP contribution in [0.2, 0.25) is 0 Å². The average Bonchev–Trinajstić information content (AvgIpc) is 3.28. The molecule has 0 saturated carbocycles. The Morgan fingerprint density at radius 1 is 1.03 bits per heavy atom. The van der Waals surface area contributed by atoms with Crippen LogP contribution in [0.3, 0.4) is 0 Å². The first kappa shape index (κ1) is 18.3. The molecule has 4 heterocycles. The van der Waals surface area contributed by atoms with Crippen LogP contribution in [0.25, 0.3) is 22.2 Å². The SMILES string of the molecule is OCC1CCN(c2cc(-c3ccc(N4CCNCC4)nc3)nc3ccccc23)C1. The molecule has 1 aromatic carbocycles. The van der Waals surface area contributed by atoms with Gasteiger partial charge in [0.15, 0.2) is 0 Å². The van der Waals surface area contributed by atoms with E-state index in [1.165, 1.54) is 11.1 Å². The zero-order valence-electron chi connectivity index (χ0n) is 16.6. The zero-order chi connectivity index (χ0) is 19.6. The third-order valence-corrected chi connectivity index (χ3v) is 6.06. The number of rotatable bonds is 4. The Morgan fingerprint density at radius 3 is 2.66 bits per heavy atom. The van der Waals surface area contributed by atoms with Gasteiger partial charge in [0.2, 0.25) is 0 Å². The number of piperazine rings is 1. The van der Waals surface area contributed by atoms with E-state index in [1.54, 1.807) is 0 Å². The number of pyridine rings is 2. The summed E-state index contributed by atoms with van der Waals surface area (Å²) in [6, 6.07) is 14.7. The van der Waals surface area contributed by atoms with Gasteiger partial charge in [0.1, 0.15) is 5.82 Å². The van der Waals surface area contributed by atoms with Gasteiger partial charge in [0.25, 0.3) is 0 Å². The highest BCUT2D eigenvalue weighted by molar-refractivity contribution is 5.94. The van der Waals surface area contributed by atoms with Gasteiger partial charge in [0.05, 0.1) is 11.2 Å². The standard InChI is InChI=1S/C23H27N5O/c29-16-17-7-10-28(15-17)22-13-21(26-20-4-2-1-3-19(20)22)18-5-6-23(25-14-18)27-11-8-24-9-12-27/h1-6,13-14,17,24,29H,7-12,15-16H2. The van der Waals surface area contributed by atoms with E-state index >= 15 is 0 Å². The van der Waals surface area contributed by atoms with Crippen molar-refractivity contribution in [3.63, 3.8) is 0 Å². The number of aliphatic hydroxyl groups is 1. The molecule has 0 aliphatic carbocycles. The van der Waals surface area contributed by atoms with Crippen molar-refractivity contribution in [3.05, 3.63) is 48.7 Å². The minimum absolute atomic E-state index is 0.254. The van der Waals surface area contributed by atoms with Gasteiger partial charge in [0, 0.05) is 74.6 Å². The van der Waals surface area contributed by atoms with Crippen LogP contribution in [0.15, 0.2) is 48.7 Å². The van der Waals surface area contributed by atoms with Crippen LogP contribution in [0, 0.1) is 5.92 Å². The number of fused-ring (bicyclic) bond motifs is 1. The fourth-order valence-electron chi connectivity index (χ4n) is 4.39. The van der Waals surface area contributed by atoms with E-state index in [2.05, 4.69) is 51.5 Å². The lowest BCUT2D eigenvalue weighted by atomic mass is 10.1. The molecule has 3 aromatic rings. The van der Waals surface area contributed by atoms with Gasteiger partial charge >= 0.3 is 0 Å². The molecule has 1 atom stereocenters. The molecule has 0 amide bonds. The minimum Gasteiger partial charge on any atom is -0.396 e. The summed E-state index contributed by atoms with van der Waals surface area (Å²) in [4.78, 5) is 14.3. The van der Waals surface area contributed by atoms with Crippen molar-refractivity contribution >= 4 is 22.4 Å². The van der Waals surface area contributed by atoms with Gasteiger partial charge in [-0.25, -0.2) is 9.97 Å². The molecule has 0 bridgehead atoms. The maximum atomic E-state index is 9.55. The first-order chi connectivity index (χ1) is 14.3. The summed E-state index contributed by atoms with van der Waals surface area (Å²) in [5, 5.41) is 14.1. The fourth-order valence-corrected chi connectivity index (χ4v) is 4.39. The molecule has 2 aromatic heterocycles. The molecule has 6 heteroatoms. The smallest absolute Gasteiger partial charge is 0.128 e. The molecule has 2 aliphatic rings.